The molecule has 2 aromatic rings. The summed E-state index contributed by atoms with van der Waals surface area (Å²) in [5.74, 6) is -0.358. The van der Waals surface area contributed by atoms with Crippen molar-refractivity contribution < 1.29 is 4.39 Å². The Morgan fingerprint density at radius 2 is 2.00 bits per heavy atom. The predicted molar refractivity (Wildman–Crippen MR) is 72.9 cm³/mol. The smallest absolute Gasteiger partial charge is 0.129 e. The Labute approximate surface area is 114 Å². The van der Waals surface area contributed by atoms with Crippen LogP contribution in [0.2, 0.25) is 5.02 Å². The van der Waals surface area contributed by atoms with Gasteiger partial charge in [-0.3, -0.25) is 0 Å². The number of aryl methyl sites for hydroxylation is 2. The van der Waals surface area contributed by atoms with E-state index in [9.17, 15) is 4.39 Å². The molecule has 2 rings (SSSR count). The Kier molecular flexibility index (Phi) is 3.76. The van der Waals surface area contributed by atoms with E-state index in [1.54, 1.807) is 23.5 Å². The minimum absolute atomic E-state index is 0.358. The molecule has 90 valence electrons. The highest BCUT2D eigenvalue weighted by Gasteiger charge is 2.21. The van der Waals surface area contributed by atoms with Gasteiger partial charge in [0.15, 0.2) is 0 Å². The second kappa shape index (κ2) is 4.97. The highest BCUT2D eigenvalue weighted by atomic mass is 35.5. The largest absolute Gasteiger partial charge is 0.207 e. The average molecular weight is 289 g/mol. The molecule has 0 aliphatic carbocycles. The minimum atomic E-state index is -0.526. The van der Waals surface area contributed by atoms with Crippen LogP contribution in [0, 0.1) is 19.7 Å². The van der Waals surface area contributed by atoms with Gasteiger partial charge in [-0.2, -0.15) is 0 Å². The second-order valence-corrected chi connectivity index (χ2v) is 6.03. The molecule has 0 radical (unpaired) electrons. The molecule has 0 nitrogen and oxygen atoms in total. The molecular weight excluding hydrogens is 278 g/mol. The van der Waals surface area contributed by atoms with Gasteiger partial charge in [-0.05, 0) is 37.6 Å². The molecule has 0 fully saturated rings. The lowest BCUT2D eigenvalue weighted by molar-refractivity contribution is 0.613. The average Bonchev–Trinajstić information content (AvgIpc) is 2.57. The number of benzene rings is 1. The van der Waals surface area contributed by atoms with Crippen molar-refractivity contribution in [3.05, 3.63) is 56.0 Å². The van der Waals surface area contributed by atoms with E-state index in [1.807, 2.05) is 19.9 Å². The second-order valence-electron chi connectivity index (χ2n) is 3.90. The Morgan fingerprint density at radius 1 is 1.29 bits per heavy atom. The standard InChI is InChI=1S/C13H11Cl2FS/c1-7-6-8(2)17-13(7)12(15)11-9(14)4-3-5-10(11)16/h3-6,12H,1-2H3. The molecule has 0 spiro atoms. The van der Waals surface area contributed by atoms with Crippen molar-refractivity contribution in [3.63, 3.8) is 0 Å². The summed E-state index contributed by atoms with van der Waals surface area (Å²) in [6, 6.07) is 6.67. The van der Waals surface area contributed by atoms with Gasteiger partial charge in [-0.1, -0.05) is 17.7 Å². The van der Waals surface area contributed by atoms with Crippen LogP contribution >= 0.6 is 34.5 Å². The van der Waals surface area contributed by atoms with E-state index in [4.69, 9.17) is 23.2 Å². The first kappa shape index (κ1) is 12.9. The van der Waals surface area contributed by atoms with Crippen molar-refractivity contribution in [1.82, 2.24) is 0 Å². The van der Waals surface area contributed by atoms with E-state index in [0.717, 1.165) is 15.3 Å². The third kappa shape index (κ3) is 2.49. The molecule has 0 aliphatic heterocycles. The molecule has 17 heavy (non-hydrogen) atoms. The van der Waals surface area contributed by atoms with Crippen LogP contribution in [0.25, 0.3) is 0 Å². The van der Waals surface area contributed by atoms with Crippen LogP contribution in [0.5, 0.6) is 0 Å². The van der Waals surface area contributed by atoms with Crippen LogP contribution in [-0.2, 0) is 0 Å². The first-order chi connectivity index (χ1) is 8.00. The summed E-state index contributed by atoms with van der Waals surface area (Å²) in [5.41, 5.74) is 1.44. The summed E-state index contributed by atoms with van der Waals surface area (Å²) in [6.45, 7) is 3.98. The van der Waals surface area contributed by atoms with E-state index >= 15 is 0 Å². The first-order valence-corrected chi connectivity index (χ1v) is 6.78. The lowest BCUT2D eigenvalue weighted by atomic mass is 10.1. The molecule has 1 atom stereocenters. The zero-order chi connectivity index (χ0) is 12.6. The lowest BCUT2D eigenvalue weighted by Gasteiger charge is -2.12. The van der Waals surface area contributed by atoms with Crippen LogP contribution in [0.15, 0.2) is 24.3 Å². The summed E-state index contributed by atoms with van der Waals surface area (Å²) in [5, 5.41) is -0.155. The Balaban J connectivity index is 2.51. The molecule has 0 bridgehead atoms. The van der Waals surface area contributed by atoms with Gasteiger partial charge in [0.25, 0.3) is 0 Å². The van der Waals surface area contributed by atoms with Gasteiger partial charge in [0.1, 0.15) is 5.82 Å². The molecule has 1 aromatic carbocycles. The lowest BCUT2D eigenvalue weighted by Crippen LogP contribution is -1.97. The molecule has 4 heteroatoms. The van der Waals surface area contributed by atoms with Crippen LogP contribution < -0.4 is 0 Å². The molecular formula is C13H11Cl2FS. The van der Waals surface area contributed by atoms with E-state index in [0.29, 0.717) is 10.6 Å². The topological polar surface area (TPSA) is 0 Å². The Hall–Kier alpha value is -0.570. The summed E-state index contributed by atoms with van der Waals surface area (Å²) < 4.78 is 13.8. The maximum absolute atomic E-state index is 13.8. The van der Waals surface area contributed by atoms with Crippen molar-refractivity contribution in [3.8, 4) is 0 Å². The summed E-state index contributed by atoms with van der Waals surface area (Å²) in [4.78, 5) is 2.12. The third-order valence-corrected chi connectivity index (χ3v) is 4.68. The van der Waals surface area contributed by atoms with Crippen LogP contribution in [-0.4, -0.2) is 0 Å². The maximum Gasteiger partial charge on any atom is 0.129 e. The maximum atomic E-state index is 13.8. The minimum Gasteiger partial charge on any atom is -0.207 e. The van der Waals surface area contributed by atoms with E-state index < -0.39 is 5.38 Å². The monoisotopic (exact) mass is 288 g/mol. The normalized spacial score (nSPS) is 12.8. The highest BCUT2D eigenvalue weighted by Crippen LogP contribution is 2.40. The summed E-state index contributed by atoms with van der Waals surface area (Å²) >= 11 is 13.9. The zero-order valence-electron chi connectivity index (χ0n) is 9.43. The third-order valence-electron chi connectivity index (χ3n) is 2.56. The van der Waals surface area contributed by atoms with Gasteiger partial charge < -0.3 is 0 Å². The van der Waals surface area contributed by atoms with Crippen LogP contribution in [0.3, 0.4) is 0 Å². The van der Waals surface area contributed by atoms with E-state index in [1.165, 1.54) is 6.07 Å². The molecule has 0 saturated carbocycles. The fourth-order valence-electron chi connectivity index (χ4n) is 1.79. The number of halogens is 3. The van der Waals surface area contributed by atoms with Gasteiger partial charge in [0.2, 0.25) is 0 Å². The number of alkyl halides is 1. The molecule has 0 N–H and O–H groups in total. The summed E-state index contributed by atoms with van der Waals surface area (Å²) in [6.07, 6.45) is 0. The fraction of sp³-hybridized carbons (Fsp3) is 0.231. The molecule has 0 saturated heterocycles. The molecule has 0 aliphatic rings. The zero-order valence-corrected chi connectivity index (χ0v) is 11.8. The molecule has 1 heterocycles. The fourth-order valence-corrected chi connectivity index (χ4v) is 3.67. The highest BCUT2D eigenvalue weighted by molar-refractivity contribution is 7.12. The van der Waals surface area contributed by atoms with Gasteiger partial charge in [0.05, 0.1) is 5.38 Å². The van der Waals surface area contributed by atoms with Crippen molar-refractivity contribution in [2.24, 2.45) is 0 Å². The quantitative estimate of drug-likeness (QED) is 0.642. The van der Waals surface area contributed by atoms with Crippen LogP contribution in [0.4, 0.5) is 4.39 Å². The van der Waals surface area contributed by atoms with Crippen molar-refractivity contribution in [1.29, 1.82) is 0 Å². The van der Waals surface area contributed by atoms with Crippen molar-refractivity contribution >= 4 is 34.5 Å². The Morgan fingerprint density at radius 3 is 2.53 bits per heavy atom. The number of rotatable bonds is 2. The molecule has 1 aromatic heterocycles. The van der Waals surface area contributed by atoms with Crippen LogP contribution in [0.1, 0.15) is 26.3 Å². The SMILES string of the molecule is Cc1cc(C)c(C(Cl)c2c(F)cccc2Cl)s1. The van der Waals surface area contributed by atoms with Crippen molar-refractivity contribution in [2.45, 2.75) is 19.2 Å². The first-order valence-electron chi connectivity index (χ1n) is 5.15. The van der Waals surface area contributed by atoms with Gasteiger partial charge in [0, 0.05) is 20.3 Å². The van der Waals surface area contributed by atoms with Crippen molar-refractivity contribution in [2.75, 3.05) is 0 Å². The molecule has 0 amide bonds. The van der Waals surface area contributed by atoms with Gasteiger partial charge in [-0.15, -0.1) is 22.9 Å². The number of hydrogen-bond acceptors (Lipinski definition) is 1. The number of hydrogen-bond donors (Lipinski definition) is 0. The summed E-state index contributed by atoms with van der Waals surface area (Å²) in [7, 11) is 0. The number of thiophene rings is 1. The Bertz CT molecular complexity index is 528. The van der Waals surface area contributed by atoms with E-state index in [2.05, 4.69) is 0 Å². The van der Waals surface area contributed by atoms with Gasteiger partial charge >= 0.3 is 0 Å². The molecule has 1 unspecified atom stereocenters. The van der Waals surface area contributed by atoms with Gasteiger partial charge in [-0.25, -0.2) is 4.39 Å². The predicted octanol–water partition coefficient (Wildman–Crippen LogP) is 5.49. The van der Waals surface area contributed by atoms with E-state index in [-0.39, 0.29) is 5.82 Å².